The number of benzene rings is 1. The molecule has 1 aliphatic carbocycles. The van der Waals surface area contributed by atoms with E-state index in [0.29, 0.717) is 0 Å². The number of carbonyl (C=O) groups is 1. The molecule has 2 nitrogen and oxygen atoms in total. The molecule has 135 valence electrons. The van der Waals surface area contributed by atoms with Gasteiger partial charge in [0.05, 0.1) is 5.92 Å². The van der Waals surface area contributed by atoms with Crippen LogP contribution in [0.3, 0.4) is 0 Å². The Kier molecular flexibility index (Phi) is 13.9. The Hall–Kier alpha value is -0.319. The van der Waals surface area contributed by atoms with Gasteiger partial charge < -0.3 is 30.5 Å². The summed E-state index contributed by atoms with van der Waals surface area (Å²) in [5.41, 5.74) is 6.70. The van der Waals surface area contributed by atoms with E-state index >= 15 is 0 Å². The number of fused-ring (bicyclic) bond motifs is 1. The molecule has 1 aliphatic rings. The van der Waals surface area contributed by atoms with Gasteiger partial charge in [-0.3, -0.25) is 4.79 Å². The van der Waals surface area contributed by atoms with Crippen LogP contribution in [0.1, 0.15) is 31.2 Å². The average Bonchev–Trinajstić information content (AvgIpc) is 2.87. The van der Waals surface area contributed by atoms with Crippen molar-refractivity contribution < 1.29 is 51.3 Å². The number of hydrogen-bond donors (Lipinski definition) is 1. The van der Waals surface area contributed by atoms with Gasteiger partial charge in [0.2, 0.25) is 5.91 Å². The zero-order chi connectivity index (χ0) is 16.1. The quantitative estimate of drug-likeness (QED) is 0.414. The molecule has 0 bridgehead atoms. The fourth-order valence-electron chi connectivity index (χ4n) is 3.23. The summed E-state index contributed by atoms with van der Waals surface area (Å²) in [6, 6.07) is 12.8. The predicted octanol–water partition coefficient (Wildman–Crippen LogP) is -1.96. The molecule has 3 rings (SSSR count). The van der Waals surface area contributed by atoms with E-state index in [9.17, 15) is 4.79 Å². The van der Waals surface area contributed by atoms with Gasteiger partial charge in [0, 0.05) is 8.41 Å². The molecule has 0 saturated heterocycles. The molecule has 0 heterocycles. The first kappa shape index (κ1) is 26.9. The van der Waals surface area contributed by atoms with Crippen LogP contribution < -0.4 is 30.5 Å². The van der Waals surface area contributed by atoms with Gasteiger partial charge in [0.15, 0.2) is 0 Å². The van der Waals surface area contributed by atoms with Gasteiger partial charge in [0.1, 0.15) is 0 Å². The first-order chi connectivity index (χ1) is 10.5. The third-order valence-corrected chi connectivity index (χ3v) is 6.24. The van der Waals surface area contributed by atoms with Crippen molar-refractivity contribution in [2.45, 2.75) is 45.7 Å². The third-order valence-electron chi connectivity index (χ3n) is 4.36. The molecule has 6 heteroatoms. The minimum Gasteiger partial charge on any atom is -1.00 e. The van der Waals surface area contributed by atoms with E-state index in [1.54, 1.807) is 0 Å². The smallest absolute Gasteiger partial charge is 1.00 e. The second-order valence-corrected chi connectivity index (χ2v) is 9.03. The Labute approximate surface area is 180 Å². The average molecular weight is 431 g/mol. The Morgan fingerprint density at radius 1 is 1.20 bits per heavy atom. The van der Waals surface area contributed by atoms with Crippen molar-refractivity contribution in [3.63, 3.8) is 0 Å². The number of primary amides is 1. The van der Waals surface area contributed by atoms with Gasteiger partial charge in [-0.1, -0.05) is 37.7 Å². The number of hydrogen-bond acceptors (Lipinski definition) is 1. The van der Waals surface area contributed by atoms with Gasteiger partial charge in [-0.25, -0.2) is 0 Å². The van der Waals surface area contributed by atoms with Gasteiger partial charge in [-0.2, -0.15) is 6.07 Å². The second-order valence-electron chi connectivity index (χ2n) is 6.39. The molecule has 25 heavy (non-hydrogen) atoms. The molecule has 0 aliphatic heterocycles. The third kappa shape index (κ3) is 7.84. The zero-order valence-electron chi connectivity index (χ0n) is 15.1. The molecule has 1 saturated carbocycles. The summed E-state index contributed by atoms with van der Waals surface area (Å²) in [4.78, 5) is 11.1. The maximum Gasteiger partial charge on any atom is 3.00 e. The minimum atomic E-state index is -0.412. The van der Waals surface area contributed by atoms with E-state index in [1.165, 1.54) is 34.3 Å². The SMILES string of the molecule is C[Si](C)=C1CCCCC1C(N)=O.Cc1cc2ccccc2[cH-]1.[Cl-].[Cl-].[Ti+3]. The van der Waals surface area contributed by atoms with Crippen LogP contribution in [0, 0.1) is 12.8 Å². The molecule has 0 aromatic heterocycles. The van der Waals surface area contributed by atoms with E-state index < -0.39 is 8.41 Å². The van der Waals surface area contributed by atoms with E-state index in [0.717, 1.165) is 12.8 Å². The molecular formula is C19H26Cl2NOSiTi. The van der Waals surface area contributed by atoms with Gasteiger partial charge in [-0.15, -0.1) is 40.6 Å². The van der Waals surface area contributed by atoms with Crippen molar-refractivity contribution in [3.05, 3.63) is 42.0 Å². The zero-order valence-corrected chi connectivity index (χ0v) is 19.2. The van der Waals surface area contributed by atoms with Crippen LogP contribution >= 0.6 is 0 Å². The maximum atomic E-state index is 11.1. The van der Waals surface area contributed by atoms with Crippen molar-refractivity contribution in [1.82, 2.24) is 0 Å². The Morgan fingerprint density at radius 3 is 2.36 bits per heavy atom. The Morgan fingerprint density at radius 2 is 1.84 bits per heavy atom. The van der Waals surface area contributed by atoms with Gasteiger partial charge in [0.25, 0.3) is 0 Å². The van der Waals surface area contributed by atoms with Crippen LogP contribution in [0.4, 0.5) is 0 Å². The summed E-state index contributed by atoms with van der Waals surface area (Å²) in [6.07, 6.45) is 4.58. The van der Waals surface area contributed by atoms with E-state index in [2.05, 4.69) is 56.4 Å². The fraction of sp³-hybridized carbons (Fsp3) is 0.421. The van der Waals surface area contributed by atoms with Crippen LogP contribution in [0.15, 0.2) is 36.4 Å². The minimum absolute atomic E-state index is 0. The number of carbonyl (C=O) groups excluding carboxylic acids is 1. The van der Waals surface area contributed by atoms with Crippen LogP contribution in [0.25, 0.3) is 10.8 Å². The molecule has 0 spiro atoms. The molecule has 1 amide bonds. The summed E-state index contributed by atoms with van der Waals surface area (Å²) < 4.78 is 0. The van der Waals surface area contributed by atoms with E-state index in [4.69, 9.17) is 5.73 Å². The number of rotatable bonds is 1. The van der Waals surface area contributed by atoms with Crippen LogP contribution in [0.5, 0.6) is 0 Å². The van der Waals surface area contributed by atoms with Gasteiger partial charge >= 0.3 is 21.7 Å². The van der Waals surface area contributed by atoms with Crippen molar-refractivity contribution in [2.24, 2.45) is 11.7 Å². The largest absolute Gasteiger partial charge is 3.00 e. The Balaban J connectivity index is 0. The number of amides is 1. The van der Waals surface area contributed by atoms with Crippen LogP contribution in [-0.4, -0.2) is 19.5 Å². The second kappa shape index (κ2) is 12.9. The summed E-state index contributed by atoms with van der Waals surface area (Å²) in [6.45, 7) is 6.63. The summed E-state index contributed by atoms with van der Waals surface area (Å²) >= 11 is 0. The normalized spacial score (nSPS) is 15.6. The molecule has 1 atom stereocenters. The van der Waals surface area contributed by atoms with Crippen molar-refractivity contribution in [1.29, 1.82) is 0 Å². The molecular weight excluding hydrogens is 405 g/mol. The number of halogens is 2. The van der Waals surface area contributed by atoms with Crippen molar-refractivity contribution in [3.8, 4) is 0 Å². The van der Waals surface area contributed by atoms with E-state index in [1.807, 2.05) is 0 Å². The summed E-state index contributed by atoms with van der Waals surface area (Å²) in [5.74, 6) is 0.0125. The van der Waals surface area contributed by atoms with Crippen molar-refractivity contribution in [2.75, 3.05) is 0 Å². The number of nitrogens with two attached hydrogens (primary N) is 1. The first-order valence-corrected chi connectivity index (χ1v) is 10.6. The monoisotopic (exact) mass is 430 g/mol. The topological polar surface area (TPSA) is 43.1 Å². The van der Waals surface area contributed by atoms with Crippen molar-refractivity contribution >= 4 is 30.3 Å². The molecule has 1 radical (unpaired) electrons. The maximum absolute atomic E-state index is 11.1. The first-order valence-electron chi connectivity index (χ1n) is 8.06. The number of aryl methyl sites for hydroxylation is 1. The molecule has 2 aromatic rings. The Bertz CT molecular complexity index is 663. The molecule has 1 unspecified atom stereocenters. The standard InChI is InChI=1S/C10H9.C9H17NOSi.2ClH.Ti/c1-8-6-9-4-2-3-5-10(9)7-8;1-12(2)8-6-4-3-5-7(8)9(10)11;;;/h2-7H,1H3;7H,3-6H2,1-2H3,(H2,10,11);2*1H;/q-1;;;;+3/p-2. The molecule has 2 N–H and O–H groups in total. The van der Waals surface area contributed by atoms with Crippen LogP contribution in [-0.2, 0) is 26.5 Å². The molecule has 2 aromatic carbocycles. The molecule has 1 fully saturated rings. The van der Waals surface area contributed by atoms with E-state index in [-0.39, 0.29) is 58.4 Å². The van der Waals surface area contributed by atoms with Crippen LogP contribution in [0.2, 0.25) is 13.1 Å². The predicted molar refractivity (Wildman–Crippen MR) is 97.9 cm³/mol. The summed E-state index contributed by atoms with van der Waals surface area (Å²) in [5, 5.41) is 4.17. The summed E-state index contributed by atoms with van der Waals surface area (Å²) in [7, 11) is -0.412. The fourth-order valence-corrected chi connectivity index (χ4v) is 4.89. The van der Waals surface area contributed by atoms with Gasteiger partial charge in [-0.05, 0) is 19.3 Å².